The lowest BCUT2D eigenvalue weighted by Gasteiger charge is -2.35. The van der Waals surface area contributed by atoms with E-state index in [0.717, 1.165) is 17.0 Å². The molecule has 1 aromatic heterocycles. The SMILES string of the molecule is CC(C)(C)CCOC(=O)N1CCc2ncsc2[C@H]1c1cc(Cl)ccc1OCC(=O)O. The summed E-state index contributed by atoms with van der Waals surface area (Å²) >= 11 is 7.68. The molecule has 1 N–H and O–H groups in total. The van der Waals surface area contributed by atoms with Crippen LogP contribution in [0.15, 0.2) is 23.7 Å². The van der Waals surface area contributed by atoms with Crippen molar-refractivity contribution in [2.75, 3.05) is 19.8 Å². The maximum atomic E-state index is 13.0. The summed E-state index contributed by atoms with van der Waals surface area (Å²) in [5.74, 6) is -0.725. The largest absolute Gasteiger partial charge is 0.482 e. The molecule has 1 aromatic carbocycles. The molecule has 2 heterocycles. The Morgan fingerprint density at radius 2 is 2.13 bits per heavy atom. The number of hydrogen-bond donors (Lipinski definition) is 1. The molecule has 7 nitrogen and oxygen atoms in total. The van der Waals surface area contributed by atoms with Crippen molar-refractivity contribution in [2.24, 2.45) is 5.41 Å². The number of aliphatic carboxylic acids is 1. The zero-order chi connectivity index (χ0) is 21.9. The summed E-state index contributed by atoms with van der Waals surface area (Å²) in [7, 11) is 0. The smallest absolute Gasteiger partial charge is 0.410 e. The van der Waals surface area contributed by atoms with Gasteiger partial charge in [0.1, 0.15) is 11.8 Å². The van der Waals surface area contributed by atoms with Crippen LogP contribution in [0.4, 0.5) is 4.79 Å². The van der Waals surface area contributed by atoms with Gasteiger partial charge >= 0.3 is 12.1 Å². The van der Waals surface area contributed by atoms with Crippen molar-refractivity contribution < 1.29 is 24.2 Å². The van der Waals surface area contributed by atoms with Gasteiger partial charge in [-0.05, 0) is 30.0 Å². The first-order chi connectivity index (χ1) is 14.2. The van der Waals surface area contributed by atoms with Gasteiger partial charge in [-0.3, -0.25) is 4.90 Å². The number of amides is 1. The fraction of sp³-hybridized carbons (Fsp3) is 0.476. The van der Waals surface area contributed by atoms with Crippen LogP contribution in [0, 0.1) is 5.41 Å². The lowest BCUT2D eigenvalue weighted by molar-refractivity contribution is -0.139. The number of carbonyl (C=O) groups excluding carboxylic acids is 1. The van der Waals surface area contributed by atoms with Gasteiger partial charge in [0.2, 0.25) is 0 Å². The maximum absolute atomic E-state index is 13.0. The van der Waals surface area contributed by atoms with Crippen LogP contribution >= 0.6 is 22.9 Å². The minimum atomic E-state index is -1.09. The Balaban J connectivity index is 1.93. The normalized spacial score (nSPS) is 16.1. The van der Waals surface area contributed by atoms with Crippen molar-refractivity contribution in [3.05, 3.63) is 44.9 Å². The molecule has 162 valence electrons. The lowest BCUT2D eigenvalue weighted by Crippen LogP contribution is -2.41. The summed E-state index contributed by atoms with van der Waals surface area (Å²) in [5, 5.41) is 9.48. The number of thiazole rings is 1. The van der Waals surface area contributed by atoms with E-state index in [1.807, 2.05) is 0 Å². The van der Waals surface area contributed by atoms with E-state index in [9.17, 15) is 9.59 Å². The van der Waals surface area contributed by atoms with E-state index in [1.54, 1.807) is 28.6 Å². The molecule has 0 radical (unpaired) electrons. The number of aromatic nitrogens is 1. The van der Waals surface area contributed by atoms with Crippen LogP contribution in [0.3, 0.4) is 0 Å². The number of ether oxygens (including phenoxy) is 2. The second-order valence-corrected chi connectivity index (χ2v) is 9.62. The summed E-state index contributed by atoms with van der Waals surface area (Å²) in [6.07, 6.45) is 0.940. The van der Waals surface area contributed by atoms with Crippen LogP contribution in [0.2, 0.25) is 5.02 Å². The Bertz CT molecular complexity index is 924. The summed E-state index contributed by atoms with van der Waals surface area (Å²) < 4.78 is 11.1. The molecular formula is C21H25ClN2O5S. The molecule has 0 bridgehead atoms. The second-order valence-electron chi connectivity index (χ2n) is 8.30. The molecule has 30 heavy (non-hydrogen) atoms. The number of carboxylic acid groups (broad SMARTS) is 1. The van der Waals surface area contributed by atoms with Crippen molar-refractivity contribution in [2.45, 2.75) is 39.7 Å². The first-order valence-electron chi connectivity index (χ1n) is 9.65. The Morgan fingerprint density at radius 3 is 2.83 bits per heavy atom. The zero-order valence-corrected chi connectivity index (χ0v) is 18.8. The van der Waals surface area contributed by atoms with E-state index in [1.165, 1.54) is 11.3 Å². The van der Waals surface area contributed by atoms with Crippen LogP contribution in [0.25, 0.3) is 0 Å². The van der Waals surface area contributed by atoms with Crippen molar-refractivity contribution in [1.82, 2.24) is 9.88 Å². The van der Waals surface area contributed by atoms with E-state index < -0.39 is 24.7 Å². The van der Waals surface area contributed by atoms with E-state index >= 15 is 0 Å². The van der Waals surface area contributed by atoms with Crippen LogP contribution < -0.4 is 4.74 Å². The Hall–Kier alpha value is -2.32. The molecule has 1 aliphatic heterocycles. The highest BCUT2D eigenvalue weighted by Crippen LogP contribution is 2.42. The van der Waals surface area contributed by atoms with Gasteiger partial charge in [-0.25, -0.2) is 14.6 Å². The number of hydrogen-bond acceptors (Lipinski definition) is 6. The molecular weight excluding hydrogens is 428 g/mol. The van der Waals surface area contributed by atoms with Gasteiger partial charge in [0, 0.05) is 23.6 Å². The Kier molecular flexibility index (Phi) is 6.88. The summed E-state index contributed by atoms with van der Waals surface area (Å²) in [6.45, 7) is 6.52. The van der Waals surface area contributed by atoms with E-state index in [0.29, 0.717) is 35.9 Å². The van der Waals surface area contributed by atoms with Crippen LogP contribution in [-0.2, 0) is 16.0 Å². The highest BCUT2D eigenvalue weighted by molar-refractivity contribution is 7.09. The number of carboxylic acids is 1. The first kappa shape index (κ1) is 22.4. The molecule has 1 amide bonds. The predicted octanol–water partition coefficient (Wildman–Crippen LogP) is 4.78. The van der Waals surface area contributed by atoms with Gasteiger partial charge in [-0.15, -0.1) is 11.3 Å². The minimum Gasteiger partial charge on any atom is -0.482 e. The molecule has 9 heteroatoms. The molecule has 1 atom stereocenters. The molecule has 0 unspecified atom stereocenters. The van der Waals surface area contributed by atoms with E-state index in [-0.39, 0.29) is 5.41 Å². The molecule has 0 saturated carbocycles. The third-order valence-corrected chi connectivity index (χ3v) is 5.91. The average Bonchev–Trinajstić information content (AvgIpc) is 3.13. The van der Waals surface area contributed by atoms with Gasteiger partial charge in [0.05, 0.1) is 22.7 Å². The van der Waals surface area contributed by atoms with Crippen molar-refractivity contribution >= 4 is 35.0 Å². The fourth-order valence-electron chi connectivity index (χ4n) is 3.22. The standard InChI is InChI=1S/C21H25ClN2O5S/c1-21(2,3)7-9-28-20(27)24-8-6-15-19(30-12-23-15)18(24)14-10-13(22)4-5-16(14)29-11-17(25)26/h4-5,10,12,18H,6-9,11H2,1-3H3,(H,25,26)/t18-/m1/s1. The minimum absolute atomic E-state index is 0.0528. The van der Waals surface area contributed by atoms with Gasteiger partial charge in [0.25, 0.3) is 0 Å². The third kappa shape index (κ3) is 5.43. The highest BCUT2D eigenvalue weighted by atomic mass is 35.5. The topological polar surface area (TPSA) is 89.0 Å². The zero-order valence-electron chi connectivity index (χ0n) is 17.2. The quantitative estimate of drug-likeness (QED) is 0.678. The van der Waals surface area contributed by atoms with Crippen molar-refractivity contribution in [3.63, 3.8) is 0 Å². The second kappa shape index (κ2) is 9.22. The van der Waals surface area contributed by atoms with Crippen LogP contribution in [0.1, 0.15) is 49.4 Å². The van der Waals surface area contributed by atoms with Gasteiger partial charge < -0.3 is 14.6 Å². The molecule has 0 aliphatic carbocycles. The molecule has 3 rings (SSSR count). The average molecular weight is 453 g/mol. The van der Waals surface area contributed by atoms with Gasteiger partial charge in [-0.1, -0.05) is 32.4 Å². The number of carbonyl (C=O) groups is 2. The monoisotopic (exact) mass is 452 g/mol. The maximum Gasteiger partial charge on any atom is 0.410 e. The molecule has 1 aliphatic rings. The highest BCUT2D eigenvalue weighted by Gasteiger charge is 2.37. The van der Waals surface area contributed by atoms with E-state index in [4.69, 9.17) is 26.2 Å². The summed E-state index contributed by atoms with van der Waals surface area (Å²) in [6, 6.07) is 4.45. The summed E-state index contributed by atoms with van der Waals surface area (Å²) in [5.41, 5.74) is 3.32. The number of nitrogens with zero attached hydrogens (tertiary/aromatic N) is 2. The van der Waals surface area contributed by atoms with Crippen LogP contribution in [-0.4, -0.2) is 46.8 Å². The Morgan fingerprint density at radius 1 is 1.37 bits per heavy atom. The van der Waals surface area contributed by atoms with Crippen LogP contribution in [0.5, 0.6) is 5.75 Å². The predicted molar refractivity (Wildman–Crippen MR) is 114 cm³/mol. The first-order valence-corrected chi connectivity index (χ1v) is 10.9. The molecule has 0 saturated heterocycles. The summed E-state index contributed by atoms with van der Waals surface area (Å²) in [4.78, 5) is 31.0. The number of fused-ring (bicyclic) bond motifs is 1. The molecule has 0 fully saturated rings. The van der Waals surface area contributed by atoms with Crippen molar-refractivity contribution in [1.29, 1.82) is 0 Å². The van der Waals surface area contributed by atoms with Crippen molar-refractivity contribution in [3.8, 4) is 5.75 Å². The number of rotatable bonds is 6. The third-order valence-electron chi connectivity index (χ3n) is 4.75. The van der Waals surface area contributed by atoms with E-state index in [2.05, 4.69) is 25.8 Å². The molecule has 0 spiro atoms. The number of halogens is 1. The number of benzene rings is 1. The van der Waals surface area contributed by atoms with Gasteiger partial charge in [-0.2, -0.15) is 0 Å². The van der Waals surface area contributed by atoms with Gasteiger partial charge in [0.15, 0.2) is 6.61 Å². The Labute approximate surface area is 184 Å². The fourth-order valence-corrected chi connectivity index (χ4v) is 4.37. The lowest BCUT2D eigenvalue weighted by atomic mass is 9.93. The molecule has 2 aromatic rings.